The first-order valence-electron chi connectivity index (χ1n) is 22.0. The lowest BCUT2D eigenvalue weighted by Gasteiger charge is -2.36. The summed E-state index contributed by atoms with van der Waals surface area (Å²) in [5.41, 5.74) is 11.0. The van der Waals surface area contributed by atoms with Gasteiger partial charge in [0.2, 0.25) is 0 Å². The molecule has 0 amide bonds. The standard InChI is InChI=1S/C60H40N2OSi/c1-4-20-42(21-5-1)64(43-22-6-2-7-23-43,44-24-8-3-9-25-44)58-37-17-16-35-55(58)62-54-34-15-12-28-47(54)49-30-18-31-50(60(49)62)48-29-19-36-57-59(48)51-40-41(38-39-56(51)63-57)61-52-32-13-10-26-45(52)46-27-11-14-33-53(46)61/h1-40H. The van der Waals surface area contributed by atoms with E-state index in [1.807, 2.05) is 0 Å². The first-order chi connectivity index (χ1) is 31.8. The summed E-state index contributed by atoms with van der Waals surface area (Å²) in [6.07, 6.45) is 0. The minimum atomic E-state index is -2.95. The molecule has 0 N–H and O–H groups in total. The monoisotopic (exact) mass is 832 g/mol. The van der Waals surface area contributed by atoms with Crippen molar-refractivity contribution in [1.29, 1.82) is 0 Å². The molecular formula is C60H40N2OSi. The van der Waals surface area contributed by atoms with E-state index in [2.05, 4.69) is 252 Å². The van der Waals surface area contributed by atoms with Gasteiger partial charge in [0.1, 0.15) is 11.2 Å². The molecule has 0 spiro atoms. The van der Waals surface area contributed by atoms with E-state index in [4.69, 9.17) is 4.42 Å². The first-order valence-corrected chi connectivity index (χ1v) is 24.0. The summed E-state index contributed by atoms with van der Waals surface area (Å²) in [5, 5.41) is 12.5. The lowest BCUT2D eigenvalue weighted by molar-refractivity contribution is 0.669. The molecule has 10 aromatic carbocycles. The maximum absolute atomic E-state index is 6.75. The van der Waals surface area contributed by atoms with E-state index in [-0.39, 0.29) is 0 Å². The number of rotatable bonds is 7. The van der Waals surface area contributed by atoms with Gasteiger partial charge in [0.05, 0.1) is 22.1 Å². The van der Waals surface area contributed by atoms with E-state index in [0.717, 1.165) is 38.8 Å². The summed E-state index contributed by atoms with van der Waals surface area (Å²) in [5.74, 6) is 0. The number of aromatic nitrogens is 2. The molecule has 13 rings (SSSR count). The predicted molar refractivity (Wildman–Crippen MR) is 271 cm³/mol. The molecule has 0 saturated carbocycles. The Morgan fingerprint density at radius 1 is 0.328 bits per heavy atom. The van der Waals surface area contributed by atoms with Crippen molar-refractivity contribution < 1.29 is 4.42 Å². The van der Waals surface area contributed by atoms with E-state index < -0.39 is 8.07 Å². The number of hydrogen-bond acceptors (Lipinski definition) is 1. The fraction of sp³-hybridized carbons (Fsp3) is 0. The highest BCUT2D eigenvalue weighted by Crippen LogP contribution is 2.44. The van der Waals surface area contributed by atoms with Crippen LogP contribution in [0.25, 0.3) is 88.1 Å². The van der Waals surface area contributed by atoms with Gasteiger partial charge in [-0.15, -0.1) is 0 Å². The topological polar surface area (TPSA) is 23.0 Å². The molecule has 0 fully saturated rings. The zero-order valence-corrected chi connectivity index (χ0v) is 35.9. The highest BCUT2D eigenvalue weighted by molar-refractivity contribution is 7.20. The Kier molecular flexibility index (Phi) is 8.23. The largest absolute Gasteiger partial charge is 0.456 e. The molecule has 300 valence electrons. The molecule has 13 aromatic rings. The molecule has 3 heterocycles. The van der Waals surface area contributed by atoms with Crippen LogP contribution in [0.5, 0.6) is 0 Å². The molecule has 0 radical (unpaired) electrons. The van der Waals surface area contributed by atoms with Crippen molar-refractivity contribution in [2.75, 3.05) is 0 Å². The van der Waals surface area contributed by atoms with Gasteiger partial charge in [-0.1, -0.05) is 194 Å². The Morgan fingerprint density at radius 2 is 0.812 bits per heavy atom. The molecular weight excluding hydrogens is 793 g/mol. The molecule has 0 aliphatic carbocycles. The zero-order valence-electron chi connectivity index (χ0n) is 34.9. The third kappa shape index (κ3) is 5.27. The summed E-state index contributed by atoms with van der Waals surface area (Å²) >= 11 is 0. The van der Waals surface area contributed by atoms with E-state index >= 15 is 0 Å². The van der Waals surface area contributed by atoms with Crippen LogP contribution in [-0.2, 0) is 0 Å². The number of hydrogen-bond donors (Lipinski definition) is 0. The van der Waals surface area contributed by atoms with Gasteiger partial charge in [0.15, 0.2) is 8.07 Å². The summed E-state index contributed by atoms with van der Waals surface area (Å²) in [7, 11) is -2.95. The molecule has 0 atom stereocenters. The minimum absolute atomic E-state index is 0.870. The third-order valence-corrected chi connectivity index (χ3v) is 18.3. The van der Waals surface area contributed by atoms with E-state index in [1.165, 1.54) is 70.0 Å². The van der Waals surface area contributed by atoms with E-state index in [0.29, 0.717) is 0 Å². The Morgan fingerprint density at radius 3 is 1.44 bits per heavy atom. The number of benzene rings is 10. The Labute approximate surface area is 371 Å². The predicted octanol–water partition coefficient (Wildman–Crippen LogP) is 12.8. The number of fused-ring (bicyclic) bond motifs is 9. The lowest BCUT2D eigenvalue weighted by Crippen LogP contribution is -2.75. The van der Waals surface area contributed by atoms with Crippen LogP contribution in [0.3, 0.4) is 0 Å². The molecule has 3 aromatic heterocycles. The van der Waals surface area contributed by atoms with Crippen LogP contribution < -0.4 is 20.7 Å². The van der Waals surface area contributed by atoms with Crippen LogP contribution in [0.15, 0.2) is 247 Å². The van der Waals surface area contributed by atoms with E-state index in [9.17, 15) is 0 Å². The first kappa shape index (κ1) is 36.5. The summed E-state index contributed by atoms with van der Waals surface area (Å²) in [6, 6.07) is 89.2. The van der Waals surface area contributed by atoms with Crippen LogP contribution in [0.2, 0.25) is 0 Å². The van der Waals surface area contributed by atoms with Gasteiger partial charge in [-0.2, -0.15) is 0 Å². The van der Waals surface area contributed by atoms with Crippen molar-refractivity contribution in [3.8, 4) is 22.5 Å². The fourth-order valence-electron chi connectivity index (χ4n) is 10.9. The van der Waals surface area contributed by atoms with Gasteiger partial charge in [-0.25, -0.2) is 0 Å². The van der Waals surface area contributed by atoms with Gasteiger partial charge in [0.25, 0.3) is 0 Å². The second-order valence-corrected chi connectivity index (χ2v) is 20.5. The SMILES string of the molecule is c1ccc([Si](c2ccccc2)(c2ccccc2)c2ccccc2-n2c3ccccc3c3cccc(-c4cccc5oc6ccc(-n7c8ccccc8c8ccccc87)cc6c45)c32)cc1. The van der Waals surface area contributed by atoms with Crippen molar-refractivity contribution >= 4 is 94.4 Å². The summed E-state index contributed by atoms with van der Waals surface area (Å²) in [4.78, 5) is 0. The Balaban J connectivity index is 1.12. The maximum atomic E-state index is 6.75. The second kappa shape index (κ2) is 14.5. The number of para-hydroxylation sites is 5. The highest BCUT2D eigenvalue weighted by atomic mass is 28.3. The van der Waals surface area contributed by atoms with Crippen molar-refractivity contribution in [1.82, 2.24) is 9.13 Å². The lowest BCUT2D eigenvalue weighted by atomic mass is 9.97. The Hall–Kier alpha value is -8.18. The van der Waals surface area contributed by atoms with Crippen LogP contribution in [0.4, 0.5) is 0 Å². The molecule has 0 saturated heterocycles. The average Bonchev–Trinajstić information content (AvgIpc) is 4.03. The fourth-order valence-corrected chi connectivity index (χ4v) is 15.8. The molecule has 64 heavy (non-hydrogen) atoms. The molecule has 4 heteroatoms. The van der Waals surface area contributed by atoms with Crippen LogP contribution in [0, 0.1) is 0 Å². The number of furan rings is 1. The van der Waals surface area contributed by atoms with Crippen molar-refractivity contribution in [3.05, 3.63) is 243 Å². The van der Waals surface area contributed by atoms with Crippen molar-refractivity contribution in [3.63, 3.8) is 0 Å². The summed E-state index contributed by atoms with van der Waals surface area (Å²) < 4.78 is 11.7. The van der Waals surface area contributed by atoms with Gasteiger partial charge in [0, 0.05) is 49.3 Å². The van der Waals surface area contributed by atoms with Gasteiger partial charge < -0.3 is 13.6 Å². The molecule has 0 aliphatic rings. The zero-order chi connectivity index (χ0) is 42.2. The normalized spacial score (nSPS) is 12.1. The van der Waals surface area contributed by atoms with Crippen LogP contribution in [0.1, 0.15) is 0 Å². The van der Waals surface area contributed by atoms with Gasteiger partial charge in [-0.3, -0.25) is 0 Å². The third-order valence-electron chi connectivity index (χ3n) is 13.5. The highest BCUT2D eigenvalue weighted by Gasteiger charge is 2.43. The summed E-state index contributed by atoms with van der Waals surface area (Å²) in [6.45, 7) is 0. The van der Waals surface area contributed by atoms with Gasteiger partial charge in [-0.05, 0) is 74.8 Å². The second-order valence-electron chi connectivity index (χ2n) is 16.8. The van der Waals surface area contributed by atoms with Crippen LogP contribution >= 0.6 is 0 Å². The maximum Gasteiger partial charge on any atom is 0.181 e. The van der Waals surface area contributed by atoms with Gasteiger partial charge >= 0.3 is 0 Å². The minimum Gasteiger partial charge on any atom is -0.456 e. The smallest absolute Gasteiger partial charge is 0.181 e. The van der Waals surface area contributed by atoms with E-state index in [1.54, 1.807) is 0 Å². The molecule has 3 nitrogen and oxygen atoms in total. The molecule has 0 bridgehead atoms. The quantitative estimate of drug-likeness (QED) is 0.116. The van der Waals surface area contributed by atoms with Crippen LogP contribution in [-0.4, -0.2) is 17.2 Å². The molecule has 0 unspecified atom stereocenters. The van der Waals surface area contributed by atoms with Crippen molar-refractivity contribution in [2.45, 2.75) is 0 Å². The molecule has 0 aliphatic heterocycles. The Bertz CT molecular complexity index is 3750. The van der Waals surface area contributed by atoms with Crippen molar-refractivity contribution in [2.24, 2.45) is 0 Å². The average molecular weight is 833 g/mol. The number of nitrogens with zero attached hydrogens (tertiary/aromatic N) is 2.